The second-order valence-electron chi connectivity index (χ2n) is 4.29. The van der Waals surface area contributed by atoms with Crippen LogP contribution in [0, 0.1) is 3.57 Å². The minimum Gasteiger partial charge on any atom is -0.481 e. The third-order valence-corrected chi connectivity index (χ3v) is 4.10. The van der Waals surface area contributed by atoms with Crippen LogP contribution < -0.4 is 4.74 Å². The Balaban J connectivity index is 2.07. The molecule has 2 rings (SSSR count). The molecule has 0 radical (unpaired) electrons. The van der Waals surface area contributed by atoms with E-state index in [1.807, 2.05) is 6.07 Å². The van der Waals surface area contributed by atoms with Gasteiger partial charge in [0.2, 0.25) is 5.88 Å². The zero-order chi connectivity index (χ0) is 12.3. The Bertz CT molecular complexity index is 379. The molecular formula is C12H17IN2O2. The van der Waals surface area contributed by atoms with E-state index in [0.29, 0.717) is 5.88 Å². The van der Waals surface area contributed by atoms with Crippen molar-refractivity contribution in [1.29, 1.82) is 0 Å². The number of likely N-dealkylation sites (tertiary alicyclic amines) is 1. The number of nitrogens with zero attached hydrogens (tertiary/aromatic N) is 2. The average molecular weight is 348 g/mol. The second-order valence-corrected chi connectivity index (χ2v) is 5.45. The third-order valence-electron chi connectivity index (χ3n) is 3.09. The van der Waals surface area contributed by atoms with Gasteiger partial charge in [0, 0.05) is 35.0 Å². The zero-order valence-electron chi connectivity index (χ0n) is 9.90. The van der Waals surface area contributed by atoms with Crippen LogP contribution in [0.5, 0.6) is 5.88 Å². The van der Waals surface area contributed by atoms with E-state index in [1.54, 1.807) is 13.3 Å². The Morgan fingerprint density at radius 1 is 1.53 bits per heavy atom. The Morgan fingerprint density at radius 2 is 2.24 bits per heavy atom. The fourth-order valence-corrected chi connectivity index (χ4v) is 2.63. The molecule has 1 fully saturated rings. The smallest absolute Gasteiger partial charge is 0.218 e. The summed E-state index contributed by atoms with van der Waals surface area (Å²) in [6, 6.07) is 2.00. The average Bonchev–Trinajstić information content (AvgIpc) is 2.34. The number of hydrogen-bond acceptors (Lipinski definition) is 4. The minimum absolute atomic E-state index is 0.124. The second kappa shape index (κ2) is 5.97. The maximum atomic E-state index is 9.48. The third kappa shape index (κ3) is 3.29. The SMILES string of the molecule is COc1nccc(I)c1CN1CCC(O)CC1. The summed E-state index contributed by atoms with van der Waals surface area (Å²) in [5.41, 5.74) is 1.15. The molecule has 1 aromatic rings. The topological polar surface area (TPSA) is 45.6 Å². The number of aromatic nitrogens is 1. The molecule has 0 aliphatic carbocycles. The lowest BCUT2D eigenvalue weighted by Gasteiger charge is -2.29. The lowest BCUT2D eigenvalue weighted by Crippen LogP contribution is -2.35. The molecule has 0 unspecified atom stereocenters. The van der Waals surface area contributed by atoms with Crippen LogP contribution in [0.3, 0.4) is 0 Å². The molecule has 0 amide bonds. The Labute approximate surface area is 115 Å². The van der Waals surface area contributed by atoms with Gasteiger partial charge < -0.3 is 9.84 Å². The zero-order valence-corrected chi connectivity index (χ0v) is 12.1. The van der Waals surface area contributed by atoms with Gasteiger partial charge in [0.05, 0.1) is 13.2 Å². The molecule has 1 N–H and O–H groups in total. The highest BCUT2D eigenvalue weighted by Gasteiger charge is 2.19. The first-order chi connectivity index (χ1) is 8.20. The van der Waals surface area contributed by atoms with Crippen molar-refractivity contribution in [1.82, 2.24) is 9.88 Å². The molecule has 0 spiro atoms. The number of aliphatic hydroxyl groups excluding tert-OH is 1. The van der Waals surface area contributed by atoms with Crippen LogP contribution in [0.4, 0.5) is 0 Å². The van der Waals surface area contributed by atoms with E-state index in [9.17, 15) is 5.11 Å². The van der Waals surface area contributed by atoms with Crippen LogP contribution >= 0.6 is 22.6 Å². The van der Waals surface area contributed by atoms with Gasteiger partial charge in [-0.05, 0) is 41.5 Å². The maximum absolute atomic E-state index is 9.48. The van der Waals surface area contributed by atoms with E-state index >= 15 is 0 Å². The van der Waals surface area contributed by atoms with Crippen LogP contribution in [-0.2, 0) is 6.54 Å². The summed E-state index contributed by atoms with van der Waals surface area (Å²) in [4.78, 5) is 6.58. The molecule has 4 nitrogen and oxygen atoms in total. The van der Waals surface area contributed by atoms with Crippen molar-refractivity contribution in [3.63, 3.8) is 0 Å². The lowest BCUT2D eigenvalue weighted by molar-refractivity contribution is 0.0787. The summed E-state index contributed by atoms with van der Waals surface area (Å²) < 4.78 is 6.48. The molecule has 1 aliphatic rings. The molecule has 0 saturated carbocycles. The molecule has 1 aromatic heterocycles. The summed E-state index contributed by atoms with van der Waals surface area (Å²) in [6.07, 6.45) is 3.36. The highest BCUT2D eigenvalue weighted by Crippen LogP contribution is 2.24. The molecule has 2 heterocycles. The van der Waals surface area contributed by atoms with E-state index in [1.165, 1.54) is 3.57 Å². The molecule has 5 heteroatoms. The molecule has 0 atom stereocenters. The number of methoxy groups -OCH3 is 1. The minimum atomic E-state index is -0.124. The standard InChI is InChI=1S/C12H17IN2O2/c1-17-12-10(11(13)2-5-14-12)8-15-6-3-9(16)4-7-15/h2,5,9,16H,3-4,6-8H2,1H3. The number of hydrogen-bond donors (Lipinski definition) is 1. The van der Waals surface area contributed by atoms with Crippen molar-refractivity contribution in [2.45, 2.75) is 25.5 Å². The fraction of sp³-hybridized carbons (Fsp3) is 0.583. The van der Waals surface area contributed by atoms with Gasteiger partial charge in [-0.15, -0.1) is 0 Å². The Hall–Kier alpha value is -0.400. The lowest BCUT2D eigenvalue weighted by atomic mass is 10.1. The van der Waals surface area contributed by atoms with Gasteiger partial charge in [0.1, 0.15) is 0 Å². The number of aliphatic hydroxyl groups is 1. The van der Waals surface area contributed by atoms with Crippen LogP contribution in [0.25, 0.3) is 0 Å². The number of pyridine rings is 1. The number of piperidine rings is 1. The Kier molecular flexibility index (Phi) is 4.58. The van der Waals surface area contributed by atoms with Crippen LogP contribution in [0.15, 0.2) is 12.3 Å². The van der Waals surface area contributed by atoms with Crippen molar-refractivity contribution in [2.24, 2.45) is 0 Å². The predicted octanol–water partition coefficient (Wildman–Crippen LogP) is 1.65. The van der Waals surface area contributed by atoms with E-state index < -0.39 is 0 Å². The van der Waals surface area contributed by atoms with E-state index in [2.05, 4.69) is 32.5 Å². The number of rotatable bonds is 3. The molecule has 94 valence electrons. The normalized spacial score (nSPS) is 18.3. The summed E-state index contributed by atoms with van der Waals surface area (Å²) in [6.45, 7) is 2.73. The summed E-state index contributed by atoms with van der Waals surface area (Å²) >= 11 is 2.31. The Morgan fingerprint density at radius 3 is 2.88 bits per heavy atom. The number of halogens is 1. The first-order valence-corrected chi connectivity index (χ1v) is 6.86. The highest BCUT2D eigenvalue weighted by atomic mass is 127. The summed E-state index contributed by atoms with van der Waals surface area (Å²) in [5.74, 6) is 0.711. The van der Waals surface area contributed by atoms with Crippen LogP contribution in [0.1, 0.15) is 18.4 Å². The molecule has 1 saturated heterocycles. The van der Waals surface area contributed by atoms with Crippen molar-refractivity contribution in [3.8, 4) is 5.88 Å². The molecule has 0 aromatic carbocycles. The van der Waals surface area contributed by atoms with Gasteiger partial charge in [-0.3, -0.25) is 4.90 Å². The predicted molar refractivity (Wildman–Crippen MR) is 74.0 cm³/mol. The van der Waals surface area contributed by atoms with Gasteiger partial charge >= 0.3 is 0 Å². The molecular weight excluding hydrogens is 331 g/mol. The van der Waals surface area contributed by atoms with Crippen molar-refractivity contribution in [3.05, 3.63) is 21.4 Å². The van der Waals surface area contributed by atoms with Gasteiger partial charge in [0.15, 0.2) is 0 Å². The summed E-state index contributed by atoms with van der Waals surface area (Å²) in [5, 5.41) is 9.48. The van der Waals surface area contributed by atoms with E-state index in [-0.39, 0.29) is 6.10 Å². The monoisotopic (exact) mass is 348 g/mol. The molecule has 0 bridgehead atoms. The molecule has 17 heavy (non-hydrogen) atoms. The van der Waals surface area contributed by atoms with Crippen LogP contribution in [0.2, 0.25) is 0 Å². The van der Waals surface area contributed by atoms with Gasteiger partial charge in [-0.25, -0.2) is 4.98 Å². The van der Waals surface area contributed by atoms with Crippen LogP contribution in [-0.4, -0.2) is 41.3 Å². The molecule has 1 aliphatic heterocycles. The van der Waals surface area contributed by atoms with Crippen molar-refractivity contribution < 1.29 is 9.84 Å². The number of ether oxygens (including phenoxy) is 1. The van der Waals surface area contributed by atoms with E-state index in [4.69, 9.17) is 4.74 Å². The highest BCUT2D eigenvalue weighted by molar-refractivity contribution is 14.1. The van der Waals surface area contributed by atoms with Crippen molar-refractivity contribution in [2.75, 3.05) is 20.2 Å². The first-order valence-electron chi connectivity index (χ1n) is 5.78. The van der Waals surface area contributed by atoms with Crippen molar-refractivity contribution >= 4 is 22.6 Å². The van der Waals surface area contributed by atoms with E-state index in [0.717, 1.165) is 38.0 Å². The van der Waals surface area contributed by atoms with Gasteiger partial charge in [0.25, 0.3) is 0 Å². The first kappa shape index (κ1) is 13.0. The van der Waals surface area contributed by atoms with Gasteiger partial charge in [-0.1, -0.05) is 0 Å². The van der Waals surface area contributed by atoms with Gasteiger partial charge in [-0.2, -0.15) is 0 Å². The summed E-state index contributed by atoms with van der Waals surface area (Å²) in [7, 11) is 1.65. The quantitative estimate of drug-likeness (QED) is 0.844. The maximum Gasteiger partial charge on any atom is 0.218 e. The fourth-order valence-electron chi connectivity index (χ4n) is 2.07. The largest absolute Gasteiger partial charge is 0.481 e.